The number of allylic oxidation sites excluding steroid dienone is 7. The minimum absolute atomic E-state index is 0.0245. The second-order valence-electron chi connectivity index (χ2n) is 21.8. The molecule has 1 aliphatic heterocycles. The van der Waals surface area contributed by atoms with Crippen LogP contribution in [0.1, 0.15) is 284 Å². The average molecular weight is 1060 g/mol. The summed E-state index contributed by atoms with van der Waals surface area (Å²) >= 11 is 0. The number of unbranched alkanes of at least 4 members (excludes halogenated alkanes) is 35. The van der Waals surface area contributed by atoms with Gasteiger partial charge in [0.05, 0.1) is 32.0 Å². The largest absolute Gasteiger partial charge is 0.466 e. The Labute approximate surface area is 459 Å². The van der Waals surface area contributed by atoms with Gasteiger partial charge in [-0.25, -0.2) is 0 Å². The topological polar surface area (TPSA) is 175 Å². The molecule has 0 aliphatic carbocycles. The molecule has 11 heteroatoms. The van der Waals surface area contributed by atoms with Crippen molar-refractivity contribution in [2.45, 2.75) is 326 Å². The third-order valence-corrected chi connectivity index (χ3v) is 14.7. The highest BCUT2D eigenvalue weighted by Crippen LogP contribution is 2.23. The zero-order valence-electron chi connectivity index (χ0n) is 48.3. The van der Waals surface area contributed by atoms with E-state index in [1.165, 1.54) is 167 Å². The van der Waals surface area contributed by atoms with Crippen LogP contribution in [0.3, 0.4) is 0 Å². The maximum atomic E-state index is 13.0. The molecule has 0 aromatic carbocycles. The summed E-state index contributed by atoms with van der Waals surface area (Å²) in [6.07, 6.45) is 58.1. The van der Waals surface area contributed by atoms with Gasteiger partial charge in [-0.1, -0.05) is 242 Å². The number of hydrogen-bond acceptors (Lipinski definition) is 10. The van der Waals surface area contributed by atoms with E-state index in [1.807, 2.05) is 6.08 Å². The minimum atomic E-state index is -1.58. The molecule has 7 unspecified atom stereocenters. The van der Waals surface area contributed by atoms with Crippen molar-refractivity contribution in [2.24, 2.45) is 0 Å². The van der Waals surface area contributed by atoms with E-state index in [4.69, 9.17) is 14.2 Å². The maximum Gasteiger partial charge on any atom is 0.305 e. The van der Waals surface area contributed by atoms with Gasteiger partial charge in [0.2, 0.25) is 5.91 Å². The smallest absolute Gasteiger partial charge is 0.305 e. The predicted octanol–water partition coefficient (Wildman–Crippen LogP) is 14.8. The molecular weight excluding hydrogens is 943 g/mol. The number of nitrogens with one attached hydrogen (secondary N) is 1. The van der Waals surface area contributed by atoms with E-state index < -0.39 is 49.5 Å². The van der Waals surface area contributed by atoms with Gasteiger partial charge >= 0.3 is 5.97 Å². The van der Waals surface area contributed by atoms with Crippen molar-refractivity contribution in [3.8, 4) is 0 Å². The normalized spacial score (nSPS) is 19.1. The number of carbonyl (C=O) groups is 2. The SMILES string of the molecule is CCCCC/C=C/CC/C=C/C(O)C(COC1OC(CO)C(O)C(O)C1O)NC(=O)CCCCCCCCCCCC/C=C\C=C/CCCCCOC(=O)CCCCCCCCCCCCCCCCCCCCC. The molecule has 1 saturated heterocycles. The van der Waals surface area contributed by atoms with Gasteiger partial charge in [0, 0.05) is 12.8 Å². The molecule has 7 atom stereocenters. The zero-order chi connectivity index (χ0) is 54.5. The number of aliphatic hydroxyl groups is 5. The number of ether oxygens (including phenoxy) is 3. The van der Waals surface area contributed by atoms with Gasteiger partial charge in [-0.05, 0) is 77.0 Å². The summed E-state index contributed by atoms with van der Waals surface area (Å²) in [6, 6.07) is -0.834. The Kier molecular flexibility index (Phi) is 50.5. The quantitative estimate of drug-likeness (QED) is 0.0149. The Morgan fingerprint density at radius 3 is 1.43 bits per heavy atom. The Hall–Kier alpha value is -2.38. The molecule has 0 aromatic rings. The summed E-state index contributed by atoms with van der Waals surface area (Å²) < 4.78 is 16.7. The van der Waals surface area contributed by atoms with Crippen LogP contribution in [0.15, 0.2) is 48.6 Å². The highest BCUT2D eigenvalue weighted by molar-refractivity contribution is 5.76. The molecule has 1 amide bonds. The molecular formula is C64H117NO10. The van der Waals surface area contributed by atoms with Crippen LogP contribution >= 0.6 is 0 Å². The van der Waals surface area contributed by atoms with Crippen molar-refractivity contribution in [1.82, 2.24) is 5.32 Å². The summed E-state index contributed by atoms with van der Waals surface area (Å²) in [4.78, 5) is 25.1. The zero-order valence-corrected chi connectivity index (χ0v) is 48.3. The Morgan fingerprint density at radius 2 is 0.907 bits per heavy atom. The molecule has 438 valence electrons. The monoisotopic (exact) mass is 1060 g/mol. The first kappa shape index (κ1) is 70.6. The van der Waals surface area contributed by atoms with E-state index in [-0.39, 0.29) is 18.5 Å². The molecule has 1 fully saturated rings. The summed E-state index contributed by atoms with van der Waals surface area (Å²) in [5.74, 6) is -0.229. The number of esters is 1. The molecule has 0 spiro atoms. The third kappa shape index (κ3) is 43.2. The molecule has 11 nitrogen and oxygen atoms in total. The lowest BCUT2D eigenvalue weighted by Crippen LogP contribution is -2.60. The number of carbonyl (C=O) groups excluding carboxylic acids is 2. The molecule has 1 aliphatic rings. The molecule has 6 N–H and O–H groups in total. The lowest BCUT2D eigenvalue weighted by Gasteiger charge is -2.40. The molecule has 1 rings (SSSR count). The molecule has 75 heavy (non-hydrogen) atoms. The molecule has 0 bridgehead atoms. The van der Waals surface area contributed by atoms with Gasteiger partial charge in [0.25, 0.3) is 0 Å². The fourth-order valence-corrected chi connectivity index (χ4v) is 9.68. The van der Waals surface area contributed by atoms with Gasteiger partial charge in [-0.2, -0.15) is 0 Å². The first-order chi connectivity index (χ1) is 36.7. The molecule has 1 heterocycles. The second kappa shape index (κ2) is 53.6. The first-order valence-corrected chi connectivity index (χ1v) is 31.4. The number of rotatable bonds is 54. The van der Waals surface area contributed by atoms with Gasteiger partial charge in [0.15, 0.2) is 6.29 Å². The van der Waals surface area contributed by atoms with E-state index in [1.54, 1.807) is 6.08 Å². The maximum absolute atomic E-state index is 13.0. The third-order valence-electron chi connectivity index (χ3n) is 14.7. The Morgan fingerprint density at radius 1 is 0.493 bits per heavy atom. The van der Waals surface area contributed by atoms with E-state index in [0.29, 0.717) is 19.4 Å². The fraction of sp³-hybridized carbons (Fsp3) is 0.844. The van der Waals surface area contributed by atoms with Crippen LogP contribution < -0.4 is 5.32 Å². The average Bonchev–Trinajstić information content (AvgIpc) is 3.41. The highest BCUT2D eigenvalue weighted by Gasteiger charge is 2.44. The standard InChI is InChI=1S/C64H117NO10/c1-3-5-7-9-11-13-14-15-16-17-19-23-26-29-32-36-40-44-48-52-60(69)73-53-49-45-41-37-33-30-27-24-21-18-20-22-25-28-31-35-39-43-47-51-59(68)65-56(57(67)50-46-42-38-34-12-10-8-6-4-2)55-74-64-63(72)62(71)61(70)58(54-66)75-64/h12,24,27,30,33-34,46,50,56-58,61-64,66-67,70-72H,3-11,13-23,25-26,28-29,31-32,35-45,47-49,51-55H2,1-2H3,(H,65,68)/b27-24-,33-30-,34-12+,50-46+. The summed E-state index contributed by atoms with van der Waals surface area (Å²) in [5, 5.41) is 54.2. The van der Waals surface area contributed by atoms with Crippen molar-refractivity contribution >= 4 is 11.9 Å². The summed E-state index contributed by atoms with van der Waals surface area (Å²) in [6.45, 7) is 4.24. The Balaban J connectivity index is 2.01. The number of amides is 1. The molecule has 0 saturated carbocycles. The van der Waals surface area contributed by atoms with Gasteiger partial charge < -0.3 is 45.1 Å². The van der Waals surface area contributed by atoms with Crippen LogP contribution in [-0.4, -0.2) is 100 Å². The van der Waals surface area contributed by atoms with Crippen LogP contribution in [0, 0.1) is 0 Å². The van der Waals surface area contributed by atoms with Crippen LogP contribution in [0.25, 0.3) is 0 Å². The predicted molar refractivity (Wildman–Crippen MR) is 310 cm³/mol. The first-order valence-electron chi connectivity index (χ1n) is 31.4. The summed E-state index contributed by atoms with van der Waals surface area (Å²) in [7, 11) is 0. The number of hydrogen-bond donors (Lipinski definition) is 6. The van der Waals surface area contributed by atoms with Gasteiger partial charge in [-0.3, -0.25) is 9.59 Å². The molecule has 0 aromatic heterocycles. The van der Waals surface area contributed by atoms with Crippen molar-refractivity contribution in [3.05, 3.63) is 48.6 Å². The van der Waals surface area contributed by atoms with E-state index in [9.17, 15) is 35.1 Å². The second-order valence-corrected chi connectivity index (χ2v) is 21.8. The van der Waals surface area contributed by atoms with E-state index in [0.717, 1.165) is 89.9 Å². The van der Waals surface area contributed by atoms with Crippen molar-refractivity contribution in [3.63, 3.8) is 0 Å². The van der Waals surface area contributed by atoms with Crippen LogP contribution in [-0.2, 0) is 23.8 Å². The number of aliphatic hydroxyl groups excluding tert-OH is 5. The van der Waals surface area contributed by atoms with Crippen LogP contribution in [0.2, 0.25) is 0 Å². The minimum Gasteiger partial charge on any atom is -0.466 e. The van der Waals surface area contributed by atoms with Crippen molar-refractivity contribution in [1.29, 1.82) is 0 Å². The van der Waals surface area contributed by atoms with Gasteiger partial charge in [0.1, 0.15) is 24.4 Å². The van der Waals surface area contributed by atoms with Crippen molar-refractivity contribution in [2.75, 3.05) is 19.8 Å². The van der Waals surface area contributed by atoms with Crippen LogP contribution in [0.4, 0.5) is 0 Å². The van der Waals surface area contributed by atoms with E-state index in [2.05, 4.69) is 55.6 Å². The summed E-state index contributed by atoms with van der Waals surface area (Å²) in [5.41, 5.74) is 0. The van der Waals surface area contributed by atoms with Crippen molar-refractivity contribution < 1.29 is 49.3 Å². The highest BCUT2D eigenvalue weighted by atomic mass is 16.7. The van der Waals surface area contributed by atoms with Gasteiger partial charge in [-0.15, -0.1) is 0 Å². The fourth-order valence-electron chi connectivity index (χ4n) is 9.68. The molecule has 0 radical (unpaired) electrons. The Bertz CT molecular complexity index is 1390. The lowest BCUT2D eigenvalue weighted by atomic mass is 9.99. The van der Waals surface area contributed by atoms with E-state index >= 15 is 0 Å². The lowest BCUT2D eigenvalue weighted by molar-refractivity contribution is -0.302. The van der Waals surface area contributed by atoms with Crippen LogP contribution in [0.5, 0.6) is 0 Å².